The van der Waals surface area contributed by atoms with Crippen molar-refractivity contribution in [2.75, 3.05) is 20.3 Å². The zero-order valence-electron chi connectivity index (χ0n) is 10.0. The molecule has 0 spiro atoms. The van der Waals surface area contributed by atoms with E-state index in [-0.39, 0.29) is 11.1 Å². The molecule has 0 aromatic carbocycles. The van der Waals surface area contributed by atoms with Gasteiger partial charge in [-0.05, 0) is 18.9 Å². The molecule has 6 heteroatoms. The lowest BCUT2D eigenvalue weighted by Gasteiger charge is -2.22. The first-order valence-electron chi connectivity index (χ1n) is 5.74. The van der Waals surface area contributed by atoms with Crippen LogP contribution in [0.15, 0.2) is 12.3 Å². The minimum absolute atomic E-state index is 0.0689. The third-order valence-electron chi connectivity index (χ3n) is 2.83. The second-order valence-electron chi connectivity index (χ2n) is 4.22. The van der Waals surface area contributed by atoms with Gasteiger partial charge in [0.15, 0.2) is 0 Å². The number of pyridine rings is 1. The van der Waals surface area contributed by atoms with E-state index in [1.165, 1.54) is 6.20 Å². The van der Waals surface area contributed by atoms with Gasteiger partial charge in [0, 0.05) is 25.9 Å². The van der Waals surface area contributed by atoms with Gasteiger partial charge in [-0.3, -0.25) is 4.79 Å². The molecule has 0 N–H and O–H groups in total. The maximum Gasteiger partial charge on any atom is 0.255 e. The standard InChI is InChI=1S/C12H14Cl2N2O2/c1-18-5-4-16(9-2-3-9)12(17)8-6-10(13)11(14)15-7-8/h6-7,9H,2-5H2,1H3. The monoisotopic (exact) mass is 288 g/mol. The predicted molar refractivity (Wildman–Crippen MR) is 70.2 cm³/mol. The lowest BCUT2D eigenvalue weighted by atomic mass is 10.2. The van der Waals surface area contributed by atoms with E-state index >= 15 is 0 Å². The first kappa shape index (κ1) is 13.6. The van der Waals surface area contributed by atoms with E-state index in [1.807, 2.05) is 4.90 Å². The van der Waals surface area contributed by atoms with Gasteiger partial charge in [-0.2, -0.15) is 0 Å². The second-order valence-corrected chi connectivity index (χ2v) is 4.98. The van der Waals surface area contributed by atoms with Crippen LogP contribution in [-0.4, -0.2) is 42.1 Å². The van der Waals surface area contributed by atoms with Crippen LogP contribution in [0.3, 0.4) is 0 Å². The fourth-order valence-electron chi connectivity index (χ4n) is 1.73. The quantitative estimate of drug-likeness (QED) is 0.783. The highest BCUT2D eigenvalue weighted by molar-refractivity contribution is 6.41. The van der Waals surface area contributed by atoms with E-state index in [0.29, 0.717) is 29.8 Å². The Hall–Kier alpha value is -0.840. The Morgan fingerprint density at radius 3 is 2.83 bits per heavy atom. The molecule has 0 radical (unpaired) electrons. The number of methoxy groups -OCH3 is 1. The number of nitrogens with zero attached hydrogens (tertiary/aromatic N) is 2. The van der Waals surface area contributed by atoms with Crippen LogP contribution in [0.4, 0.5) is 0 Å². The molecule has 0 bridgehead atoms. The van der Waals surface area contributed by atoms with Crippen LogP contribution in [0.2, 0.25) is 10.2 Å². The normalized spacial score (nSPS) is 14.6. The zero-order valence-corrected chi connectivity index (χ0v) is 11.5. The van der Waals surface area contributed by atoms with Gasteiger partial charge in [0.2, 0.25) is 0 Å². The van der Waals surface area contributed by atoms with Crippen molar-refractivity contribution in [1.29, 1.82) is 0 Å². The van der Waals surface area contributed by atoms with Crippen molar-refractivity contribution >= 4 is 29.1 Å². The highest BCUT2D eigenvalue weighted by Crippen LogP contribution is 2.29. The molecule has 1 aromatic heterocycles. The number of aromatic nitrogens is 1. The summed E-state index contributed by atoms with van der Waals surface area (Å²) in [6.45, 7) is 1.11. The molecule has 1 aliphatic rings. The Labute approximate surface area is 116 Å². The number of rotatable bonds is 5. The Kier molecular flexibility index (Phi) is 4.43. The molecule has 0 unspecified atom stereocenters. The van der Waals surface area contributed by atoms with Crippen LogP contribution in [0.1, 0.15) is 23.2 Å². The summed E-state index contributed by atoms with van der Waals surface area (Å²) in [6.07, 6.45) is 3.55. The summed E-state index contributed by atoms with van der Waals surface area (Å²) in [6, 6.07) is 1.88. The van der Waals surface area contributed by atoms with Crippen LogP contribution in [-0.2, 0) is 4.74 Å². The summed E-state index contributed by atoms with van der Waals surface area (Å²) < 4.78 is 5.02. The average Bonchev–Trinajstić information content (AvgIpc) is 3.17. The van der Waals surface area contributed by atoms with Crippen molar-refractivity contribution in [2.45, 2.75) is 18.9 Å². The van der Waals surface area contributed by atoms with Gasteiger partial charge >= 0.3 is 0 Å². The van der Waals surface area contributed by atoms with Crippen molar-refractivity contribution in [3.63, 3.8) is 0 Å². The van der Waals surface area contributed by atoms with Gasteiger partial charge in [-0.1, -0.05) is 23.2 Å². The van der Waals surface area contributed by atoms with Crippen molar-refractivity contribution < 1.29 is 9.53 Å². The Balaban J connectivity index is 2.13. The minimum Gasteiger partial charge on any atom is -0.383 e. The SMILES string of the molecule is COCCN(C(=O)c1cnc(Cl)c(Cl)c1)C1CC1. The molecular formula is C12H14Cl2N2O2. The van der Waals surface area contributed by atoms with Gasteiger partial charge in [0.05, 0.1) is 17.2 Å². The summed E-state index contributed by atoms with van der Waals surface area (Å²) in [5, 5.41) is 0.507. The summed E-state index contributed by atoms with van der Waals surface area (Å²) in [4.78, 5) is 18.0. The van der Waals surface area contributed by atoms with Crippen LogP contribution >= 0.6 is 23.2 Å². The van der Waals surface area contributed by atoms with E-state index in [4.69, 9.17) is 27.9 Å². The van der Waals surface area contributed by atoms with Crippen LogP contribution in [0, 0.1) is 0 Å². The molecular weight excluding hydrogens is 275 g/mol. The van der Waals surface area contributed by atoms with Gasteiger partial charge in [0.25, 0.3) is 5.91 Å². The molecule has 0 atom stereocenters. The van der Waals surface area contributed by atoms with E-state index in [1.54, 1.807) is 13.2 Å². The van der Waals surface area contributed by atoms with Gasteiger partial charge < -0.3 is 9.64 Å². The maximum absolute atomic E-state index is 12.3. The third kappa shape index (κ3) is 3.13. The van der Waals surface area contributed by atoms with Crippen LogP contribution in [0.25, 0.3) is 0 Å². The van der Waals surface area contributed by atoms with Crippen LogP contribution < -0.4 is 0 Å². The Bertz CT molecular complexity index is 450. The van der Waals surface area contributed by atoms with Crippen molar-refractivity contribution in [2.24, 2.45) is 0 Å². The smallest absolute Gasteiger partial charge is 0.255 e. The van der Waals surface area contributed by atoms with Crippen molar-refractivity contribution in [3.05, 3.63) is 28.0 Å². The molecule has 18 heavy (non-hydrogen) atoms. The van der Waals surface area contributed by atoms with Crippen molar-refractivity contribution in [3.8, 4) is 0 Å². The Morgan fingerprint density at radius 2 is 2.28 bits per heavy atom. The third-order valence-corrected chi connectivity index (χ3v) is 3.51. The fraction of sp³-hybridized carbons (Fsp3) is 0.500. The van der Waals surface area contributed by atoms with Gasteiger partial charge in [-0.15, -0.1) is 0 Å². The van der Waals surface area contributed by atoms with Crippen molar-refractivity contribution in [1.82, 2.24) is 9.88 Å². The van der Waals surface area contributed by atoms with E-state index in [9.17, 15) is 4.79 Å². The average molecular weight is 289 g/mol. The molecule has 1 saturated carbocycles. The number of ether oxygens (including phenoxy) is 1. The van der Waals surface area contributed by atoms with Gasteiger partial charge in [0.1, 0.15) is 5.15 Å². The lowest BCUT2D eigenvalue weighted by molar-refractivity contribution is 0.0680. The number of hydrogen-bond donors (Lipinski definition) is 0. The first-order valence-corrected chi connectivity index (χ1v) is 6.50. The highest BCUT2D eigenvalue weighted by Gasteiger charge is 2.32. The molecule has 0 aliphatic heterocycles. The molecule has 1 aliphatic carbocycles. The molecule has 1 aromatic rings. The fourth-order valence-corrected chi connectivity index (χ4v) is 2.00. The van der Waals surface area contributed by atoms with E-state index in [2.05, 4.69) is 4.98 Å². The minimum atomic E-state index is -0.0689. The number of hydrogen-bond acceptors (Lipinski definition) is 3. The number of carbonyl (C=O) groups excluding carboxylic acids is 1. The molecule has 1 heterocycles. The highest BCUT2D eigenvalue weighted by atomic mass is 35.5. The molecule has 0 saturated heterocycles. The first-order chi connectivity index (χ1) is 8.63. The number of carbonyl (C=O) groups is 1. The molecule has 98 valence electrons. The summed E-state index contributed by atoms with van der Waals surface area (Å²) in [5.41, 5.74) is 0.465. The summed E-state index contributed by atoms with van der Waals surface area (Å²) >= 11 is 11.6. The molecule has 4 nitrogen and oxygen atoms in total. The van der Waals surface area contributed by atoms with Gasteiger partial charge in [-0.25, -0.2) is 4.98 Å². The number of amides is 1. The summed E-state index contributed by atoms with van der Waals surface area (Å²) in [5.74, 6) is -0.0689. The Morgan fingerprint density at radius 1 is 1.56 bits per heavy atom. The molecule has 2 rings (SSSR count). The molecule has 1 fully saturated rings. The van der Waals surface area contributed by atoms with Crippen LogP contribution in [0.5, 0.6) is 0 Å². The maximum atomic E-state index is 12.3. The number of halogens is 2. The molecule has 1 amide bonds. The lowest BCUT2D eigenvalue weighted by Crippen LogP contribution is -2.35. The zero-order chi connectivity index (χ0) is 13.1. The topological polar surface area (TPSA) is 42.4 Å². The predicted octanol–water partition coefficient (Wildman–Crippen LogP) is 2.64. The van der Waals surface area contributed by atoms with E-state index < -0.39 is 0 Å². The summed E-state index contributed by atoms with van der Waals surface area (Å²) in [7, 11) is 1.62. The largest absolute Gasteiger partial charge is 0.383 e. The van der Waals surface area contributed by atoms with E-state index in [0.717, 1.165) is 12.8 Å². The second kappa shape index (κ2) is 5.87.